The summed E-state index contributed by atoms with van der Waals surface area (Å²) in [6.07, 6.45) is 23.8. The molecule has 0 bridgehead atoms. The molecule has 0 radical (unpaired) electrons. The van der Waals surface area contributed by atoms with Crippen LogP contribution in [0.15, 0.2) is 0 Å². The average Bonchev–Trinajstić information content (AvgIpc) is 2.69. The van der Waals surface area contributed by atoms with Gasteiger partial charge in [0.1, 0.15) is 0 Å². The molecule has 3 rings (SSSR count). The van der Waals surface area contributed by atoms with Crippen LogP contribution in [-0.4, -0.2) is 32.3 Å². The summed E-state index contributed by atoms with van der Waals surface area (Å²) in [6.45, 7) is 14.6. The van der Waals surface area contributed by atoms with Crippen molar-refractivity contribution < 1.29 is 0 Å². The third-order valence-corrected chi connectivity index (χ3v) is 103. The van der Waals surface area contributed by atoms with E-state index in [1.807, 2.05) is 0 Å². The Bertz CT molecular complexity index is 413. The van der Waals surface area contributed by atoms with E-state index in [4.69, 9.17) is 0 Å². The molecule has 0 amide bonds. The Hall–Kier alpha value is 1.21. The first-order valence-electron chi connectivity index (χ1n) is 13.0. The van der Waals surface area contributed by atoms with Crippen LogP contribution in [0.1, 0.15) is 96.3 Å². The Labute approximate surface area is 183 Å². The molecule has 0 saturated heterocycles. The fraction of sp³-hybridized carbons (Fsp3) is 1.00. The molecule has 0 atom stereocenters. The molecule has 3 aliphatic rings. The van der Waals surface area contributed by atoms with Gasteiger partial charge in [-0.3, -0.25) is 0 Å². The van der Waals surface area contributed by atoms with Crippen molar-refractivity contribution in [2.45, 2.75) is 152 Å². The number of hydrogen-bond donors (Lipinski definition) is 0. The second kappa shape index (κ2) is 9.78. The summed E-state index contributed by atoms with van der Waals surface area (Å²) < 4.78 is 0. The predicted molar refractivity (Wildman–Crippen MR) is 139 cm³/mol. The summed E-state index contributed by atoms with van der Waals surface area (Å²) in [7, 11) is 0. The molecule has 0 spiro atoms. The van der Waals surface area contributed by atoms with Gasteiger partial charge >= 0.3 is 185 Å². The molecule has 28 heavy (non-hydrogen) atoms. The van der Waals surface area contributed by atoms with E-state index in [1.165, 1.54) is 16.6 Å². The van der Waals surface area contributed by atoms with Crippen LogP contribution in [-0.2, 0) is 0 Å². The van der Waals surface area contributed by atoms with Crippen LogP contribution in [0.5, 0.6) is 0 Å². The van der Waals surface area contributed by atoms with E-state index in [-0.39, 0.29) is 0 Å². The fourth-order valence-corrected chi connectivity index (χ4v) is 146. The van der Waals surface area contributed by atoms with Crippen molar-refractivity contribution in [3.05, 3.63) is 0 Å². The van der Waals surface area contributed by atoms with Gasteiger partial charge in [0.2, 0.25) is 0 Å². The van der Waals surface area contributed by atoms with Crippen LogP contribution >= 0.6 is 0 Å². The van der Waals surface area contributed by atoms with Crippen LogP contribution < -0.4 is 0 Å². The van der Waals surface area contributed by atoms with Gasteiger partial charge in [-0.2, -0.15) is 0 Å². The van der Waals surface area contributed by atoms with E-state index in [2.05, 4.69) is 39.3 Å². The molecule has 164 valence electrons. The first-order valence-corrected chi connectivity index (χ1v) is 30.5. The van der Waals surface area contributed by atoms with E-state index in [1.54, 1.807) is 96.3 Å². The molecule has 3 fully saturated rings. The van der Waals surface area contributed by atoms with Gasteiger partial charge in [-0.1, -0.05) is 0 Å². The molecule has 0 aromatic carbocycles. The molecule has 3 aliphatic carbocycles. The number of hydrogen-bond acceptors (Lipinski definition) is 0. The average molecular weight is 499 g/mol. The van der Waals surface area contributed by atoms with Gasteiger partial charge in [0.15, 0.2) is 0 Å². The Balaban J connectivity index is 1.96. The van der Waals surface area contributed by atoms with E-state index in [0.717, 1.165) is 0 Å². The molecule has 0 aromatic heterocycles. The van der Waals surface area contributed by atoms with E-state index < -0.39 is 32.3 Å². The summed E-state index contributed by atoms with van der Waals surface area (Å²) in [6, 6.07) is 0. The molecular weight excluding hydrogens is 447 g/mol. The molecule has 0 aliphatic heterocycles. The zero-order valence-corrected chi connectivity index (χ0v) is 25.2. The van der Waals surface area contributed by atoms with Gasteiger partial charge in [-0.05, 0) is 0 Å². The van der Waals surface area contributed by atoms with Gasteiger partial charge in [-0.25, -0.2) is 0 Å². The molecule has 0 N–H and O–H groups in total. The van der Waals surface area contributed by atoms with Crippen LogP contribution in [0.4, 0.5) is 0 Å². The SMILES string of the molecule is C[Si](C)(C1CCCCC1)[As]([Si](C)(C)C1CCCCC1)[Si](C)(C)C1CCCCC1. The molecule has 3 saturated carbocycles. The molecule has 0 nitrogen and oxygen atoms in total. The minimum absolute atomic E-state index is 0.760. The standard InChI is InChI=1S/C24H51AsSi3/c1-26(2,22-16-10-7-11-17-22)25(27(3,4)23-18-12-8-13-19-23)28(5,6)24-20-14-9-15-21-24/h22-24H,7-21H2,1-6H3. The van der Waals surface area contributed by atoms with Crippen molar-refractivity contribution in [1.82, 2.24) is 0 Å². The van der Waals surface area contributed by atoms with Crippen molar-refractivity contribution >= 4 is 32.3 Å². The van der Waals surface area contributed by atoms with Crippen molar-refractivity contribution in [2.24, 2.45) is 0 Å². The molecule has 4 heteroatoms. The van der Waals surface area contributed by atoms with Gasteiger partial charge in [0, 0.05) is 0 Å². The van der Waals surface area contributed by atoms with Crippen molar-refractivity contribution in [3.8, 4) is 0 Å². The van der Waals surface area contributed by atoms with E-state index in [9.17, 15) is 0 Å². The van der Waals surface area contributed by atoms with E-state index in [0.29, 0.717) is 0 Å². The van der Waals surface area contributed by atoms with Crippen LogP contribution in [0.2, 0.25) is 55.9 Å². The topological polar surface area (TPSA) is 0 Å². The van der Waals surface area contributed by atoms with Crippen molar-refractivity contribution in [1.29, 1.82) is 0 Å². The minimum atomic E-state index is -1.10. The summed E-state index contributed by atoms with van der Waals surface area (Å²) in [5.74, 6) is 0. The normalized spacial score (nSPS) is 25.4. The fourth-order valence-electron chi connectivity index (χ4n) is 8.20. The molecular formula is C24H51AsSi3. The maximum absolute atomic E-state index is 2.98. The van der Waals surface area contributed by atoms with Crippen LogP contribution in [0.25, 0.3) is 0 Å². The Morgan fingerprint density at radius 3 is 0.821 bits per heavy atom. The second-order valence-electron chi connectivity index (χ2n) is 12.3. The summed E-state index contributed by atoms with van der Waals surface area (Å²) in [5, 5.41) is 0. The second-order valence-corrected chi connectivity index (χ2v) is 61.8. The quantitative estimate of drug-likeness (QED) is 0.321. The molecule has 0 unspecified atom stereocenters. The van der Waals surface area contributed by atoms with Gasteiger partial charge in [0.05, 0.1) is 0 Å². The Kier molecular flexibility index (Phi) is 8.34. The summed E-state index contributed by atoms with van der Waals surface area (Å²) in [5.41, 5.74) is 3.64. The predicted octanol–water partition coefficient (Wildman–Crippen LogP) is 8.84. The van der Waals surface area contributed by atoms with Crippen LogP contribution in [0.3, 0.4) is 0 Å². The van der Waals surface area contributed by atoms with Crippen molar-refractivity contribution in [2.75, 3.05) is 0 Å². The van der Waals surface area contributed by atoms with Gasteiger partial charge in [0.25, 0.3) is 0 Å². The third-order valence-electron chi connectivity index (χ3n) is 9.54. The zero-order valence-electron chi connectivity index (χ0n) is 20.3. The summed E-state index contributed by atoms with van der Waals surface area (Å²) in [4.78, 5) is 0. The summed E-state index contributed by atoms with van der Waals surface area (Å²) >= 11 is -0.760. The van der Waals surface area contributed by atoms with Gasteiger partial charge in [-0.15, -0.1) is 0 Å². The first-order chi connectivity index (χ1) is 13.2. The molecule has 0 aromatic rings. The van der Waals surface area contributed by atoms with Crippen molar-refractivity contribution in [3.63, 3.8) is 0 Å². The first kappa shape index (κ1) is 23.9. The van der Waals surface area contributed by atoms with Crippen LogP contribution in [0, 0.1) is 0 Å². The number of rotatable bonds is 6. The zero-order chi connectivity index (χ0) is 20.4. The van der Waals surface area contributed by atoms with E-state index >= 15 is 0 Å². The third kappa shape index (κ3) is 4.99. The Morgan fingerprint density at radius 2 is 0.607 bits per heavy atom. The maximum atomic E-state index is 2.98. The monoisotopic (exact) mass is 498 g/mol. The van der Waals surface area contributed by atoms with Gasteiger partial charge < -0.3 is 0 Å². The Morgan fingerprint density at radius 1 is 0.393 bits per heavy atom. The molecule has 0 heterocycles.